The summed E-state index contributed by atoms with van der Waals surface area (Å²) in [5, 5.41) is 32.2. The number of unbranched alkanes of at least 4 members (excludes halogenated alkanes) is 1. The minimum absolute atomic E-state index is 0.00762. The molecule has 0 spiro atoms. The van der Waals surface area contributed by atoms with Crippen LogP contribution in [0.25, 0.3) is 0 Å². The molecule has 2 saturated carbocycles. The van der Waals surface area contributed by atoms with Crippen LogP contribution in [0.2, 0.25) is 0 Å². The lowest BCUT2D eigenvalue weighted by atomic mass is 9.89. The van der Waals surface area contributed by atoms with Crippen molar-refractivity contribution in [3.05, 3.63) is 23.8 Å². The summed E-state index contributed by atoms with van der Waals surface area (Å²) in [7, 11) is 0. The van der Waals surface area contributed by atoms with Crippen molar-refractivity contribution in [1.82, 2.24) is 5.32 Å². The summed E-state index contributed by atoms with van der Waals surface area (Å²) in [6.45, 7) is 4.09. The van der Waals surface area contributed by atoms with Crippen LogP contribution in [-0.4, -0.2) is 46.6 Å². The Hall–Kier alpha value is -1.61. The molecule has 0 aromatic heterocycles. The van der Waals surface area contributed by atoms with Gasteiger partial charge in [-0.25, -0.2) is 0 Å². The second-order valence-electron chi connectivity index (χ2n) is 8.52. The molecule has 0 aliphatic heterocycles. The third kappa shape index (κ3) is 7.29. The van der Waals surface area contributed by atoms with Gasteiger partial charge in [-0.2, -0.15) is 0 Å². The van der Waals surface area contributed by atoms with Crippen LogP contribution in [0.5, 0.6) is 0 Å². The lowest BCUT2D eigenvalue weighted by molar-refractivity contribution is -0.121. The van der Waals surface area contributed by atoms with Gasteiger partial charge in [-0.15, -0.1) is 11.8 Å². The van der Waals surface area contributed by atoms with E-state index in [1.807, 2.05) is 19.1 Å². The van der Waals surface area contributed by atoms with Gasteiger partial charge in [0.05, 0.1) is 18.8 Å². The lowest BCUT2D eigenvalue weighted by Gasteiger charge is -2.19. The number of aliphatic hydroxyl groups excluding tert-OH is 3. The molecule has 0 aromatic carbocycles. The molecule has 1 amide bonds. The first-order chi connectivity index (χ1) is 14.0. The summed E-state index contributed by atoms with van der Waals surface area (Å²) in [4.78, 5) is 11.6. The van der Waals surface area contributed by atoms with Crippen LogP contribution in [-0.2, 0) is 4.79 Å². The first-order valence-electron chi connectivity index (χ1n) is 11.0. The zero-order chi connectivity index (χ0) is 21.2. The Kier molecular flexibility index (Phi) is 9.93. The number of nitrogens with one attached hydrogen (secondary N) is 1. The van der Waals surface area contributed by atoms with E-state index in [0.29, 0.717) is 31.2 Å². The van der Waals surface area contributed by atoms with E-state index < -0.39 is 6.10 Å². The Morgan fingerprint density at radius 1 is 1.38 bits per heavy atom. The van der Waals surface area contributed by atoms with Crippen LogP contribution in [0.1, 0.15) is 58.8 Å². The number of aliphatic hydroxyl groups is 3. The highest BCUT2D eigenvalue weighted by Crippen LogP contribution is 2.50. The van der Waals surface area contributed by atoms with Gasteiger partial charge in [-0.05, 0) is 56.8 Å². The van der Waals surface area contributed by atoms with Crippen LogP contribution in [0.4, 0.5) is 0 Å². The second-order valence-corrected chi connectivity index (χ2v) is 8.52. The zero-order valence-corrected chi connectivity index (χ0v) is 17.8. The highest BCUT2D eigenvalue weighted by Gasteiger charge is 2.44. The molecule has 2 aliphatic carbocycles. The summed E-state index contributed by atoms with van der Waals surface area (Å²) in [5.74, 6) is 7.02. The van der Waals surface area contributed by atoms with Gasteiger partial charge in [-0.3, -0.25) is 4.79 Å². The van der Waals surface area contributed by atoms with Crippen molar-refractivity contribution in [3.8, 4) is 11.8 Å². The number of carbonyl (C=O) groups is 1. The Morgan fingerprint density at radius 3 is 2.90 bits per heavy atom. The Labute approximate surface area is 175 Å². The predicted octanol–water partition coefficient (Wildman–Crippen LogP) is 2.57. The first-order valence-corrected chi connectivity index (χ1v) is 11.0. The van der Waals surface area contributed by atoms with E-state index in [2.05, 4.69) is 23.2 Å². The fourth-order valence-corrected chi connectivity index (χ4v) is 4.61. The molecule has 0 aromatic rings. The molecule has 4 N–H and O–H groups in total. The maximum Gasteiger partial charge on any atom is 0.220 e. The summed E-state index contributed by atoms with van der Waals surface area (Å²) < 4.78 is 0. The van der Waals surface area contributed by atoms with Crippen molar-refractivity contribution in [2.75, 3.05) is 13.2 Å². The largest absolute Gasteiger partial charge is 0.395 e. The third-order valence-electron chi connectivity index (χ3n) is 6.30. The second kappa shape index (κ2) is 12.2. The molecule has 0 unspecified atom stereocenters. The molecule has 6 atom stereocenters. The van der Waals surface area contributed by atoms with Crippen LogP contribution in [0, 0.1) is 35.5 Å². The van der Waals surface area contributed by atoms with Crippen molar-refractivity contribution in [1.29, 1.82) is 0 Å². The van der Waals surface area contributed by atoms with Gasteiger partial charge in [0, 0.05) is 25.3 Å². The van der Waals surface area contributed by atoms with Crippen LogP contribution in [0.3, 0.4) is 0 Å². The van der Waals surface area contributed by atoms with E-state index in [9.17, 15) is 15.0 Å². The molecule has 2 aliphatic rings. The number of hydrogen-bond acceptors (Lipinski definition) is 4. The van der Waals surface area contributed by atoms with E-state index in [-0.39, 0.29) is 30.5 Å². The van der Waals surface area contributed by atoms with Crippen molar-refractivity contribution in [2.24, 2.45) is 23.7 Å². The monoisotopic (exact) mass is 403 g/mol. The molecular formula is C24H37NO4. The molecule has 5 nitrogen and oxygen atoms in total. The Bertz CT molecular complexity index is 645. The molecule has 0 heterocycles. The highest BCUT2D eigenvalue weighted by molar-refractivity contribution is 5.75. The zero-order valence-electron chi connectivity index (χ0n) is 17.8. The van der Waals surface area contributed by atoms with E-state index in [4.69, 9.17) is 5.11 Å². The van der Waals surface area contributed by atoms with E-state index in [0.717, 1.165) is 32.1 Å². The highest BCUT2D eigenvalue weighted by atomic mass is 16.3. The van der Waals surface area contributed by atoms with Crippen LogP contribution < -0.4 is 5.32 Å². The standard InChI is InChI=1S/C24H37NO4/c1-3-4-7-17(2)22(27)11-10-20-21-15-18(14-19(21)16-23(20)28)8-5-6-9-24(29)25-12-13-26/h8,10-11,17,19-23,26-28H,5-7,9,12-16H2,1-2H3,(H,25,29)/t17-,19+,20-,21+,22-,23-/m1/s1. The normalized spacial score (nSPS) is 29.5. The van der Waals surface area contributed by atoms with Crippen LogP contribution in [0.15, 0.2) is 23.8 Å². The number of fused-ring (bicyclic) bond motifs is 1. The fourth-order valence-electron chi connectivity index (χ4n) is 4.61. The molecule has 29 heavy (non-hydrogen) atoms. The van der Waals surface area contributed by atoms with E-state index in [1.54, 1.807) is 6.92 Å². The lowest BCUT2D eigenvalue weighted by Crippen LogP contribution is -2.25. The third-order valence-corrected chi connectivity index (χ3v) is 6.30. The summed E-state index contributed by atoms with van der Waals surface area (Å²) in [6, 6.07) is 0. The maximum absolute atomic E-state index is 11.6. The SMILES string of the molecule is CC#CC[C@@H](C)[C@H](O)C=C[C@@H]1[C@H]2CC(=CCCCC(=O)NCCO)C[C@H]2C[C@H]1O. The molecule has 2 fully saturated rings. The van der Waals surface area contributed by atoms with E-state index in [1.165, 1.54) is 5.57 Å². The maximum atomic E-state index is 11.6. The molecule has 162 valence electrons. The van der Waals surface area contributed by atoms with E-state index >= 15 is 0 Å². The van der Waals surface area contributed by atoms with Crippen molar-refractivity contribution < 1.29 is 20.1 Å². The molecular weight excluding hydrogens is 366 g/mol. The Balaban J connectivity index is 1.82. The average molecular weight is 404 g/mol. The predicted molar refractivity (Wildman–Crippen MR) is 115 cm³/mol. The van der Waals surface area contributed by atoms with Gasteiger partial charge in [-0.1, -0.05) is 30.7 Å². The summed E-state index contributed by atoms with van der Waals surface area (Å²) in [5.41, 5.74) is 1.44. The Morgan fingerprint density at radius 2 is 2.17 bits per heavy atom. The number of allylic oxidation sites excluding steroid dienone is 2. The molecule has 0 bridgehead atoms. The van der Waals surface area contributed by atoms with Crippen molar-refractivity contribution >= 4 is 5.91 Å². The molecule has 2 rings (SSSR count). The number of rotatable bonds is 10. The smallest absolute Gasteiger partial charge is 0.220 e. The molecule has 0 saturated heterocycles. The molecule has 0 radical (unpaired) electrons. The summed E-state index contributed by atoms with van der Waals surface area (Å²) >= 11 is 0. The van der Waals surface area contributed by atoms with Gasteiger partial charge in [0.25, 0.3) is 0 Å². The minimum Gasteiger partial charge on any atom is -0.395 e. The van der Waals surface area contributed by atoms with Gasteiger partial charge < -0.3 is 20.6 Å². The summed E-state index contributed by atoms with van der Waals surface area (Å²) in [6.07, 6.45) is 11.0. The van der Waals surface area contributed by atoms with Gasteiger partial charge in [0.15, 0.2) is 0 Å². The van der Waals surface area contributed by atoms with Crippen LogP contribution >= 0.6 is 0 Å². The quantitative estimate of drug-likeness (QED) is 0.256. The first kappa shape index (κ1) is 23.7. The van der Waals surface area contributed by atoms with Gasteiger partial charge in [0.1, 0.15) is 0 Å². The average Bonchev–Trinajstić information content (AvgIpc) is 3.22. The number of carbonyl (C=O) groups excluding carboxylic acids is 1. The fraction of sp³-hybridized carbons (Fsp3) is 0.708. The van der Waals surface area contributed by atoms with Gasteiger partial charge in [0.2, 0.25) is 5.91 Å². The minimum atomic E-state index is -0.532. The van der Waals surface area contributed by atoms with Crippen molar-refractivity contribution in [3.63, 3.8) is 0 Å². The topological polar surface area (TPSA) is 89.8 Å². The molecule has 5 heteroatoms. The number of hydrogen-bond donors (Lipinski definition) is 4. The number of amides is 1. The van der Waals surface area contributed by atoms with Gasteiger partial charge >= 0.3 is 0 Å². The van der Waals surface area contributed by atoms with Crippen molar-refractivity contribution in [2.45, 2.75) is 71.0 Å².